The summed E-state index contributed by atoms with van der Waals surface area (Å²) in [5, 5.41) is 2.97. The van der Waals surface area contributed by atoms with Crippen molar-refractivity contribution >= 4 is 22.6 Å². The summed E-state index contributed by atoms with van der Waals surface area (Å²) in [5.41, 5.74) is 0.938. The Morgan fingerprint density at radius 3 is 2.33 bits per heavy atom. The first-order valence-electron chi connectivity index (χ1n) is 5.95. The average molecular weight is 371 g/mol. The first kappa shape index (κ1) is 15.8. The molecule has 0 fully saturated rings. The highest BCUT2D eigenvalue weighted by Gasteiger charge is 2.31. The second kappa shape index (κ2) is 7.33. The quantitative estimate of drug-likeness (QED) is 0.741. The third-order valence-electron chi connectivity index (χ3n) is 2.56. The van der Waals surface area contributed by atoms with Crippen molar-refractivity contribution in [3.8, 4) is 0 Å². The van der Waals surface area contributed by atoms with Crippen molar-refractivity contribution in [2.45, 2.75) is 38.4 Å². The minimum absolute atomic E-state index is 0.413. The van der Waals surface area contributed by atoms with Crippen LogP contribution in [0.4, 0.5) is 13.2 Å². The molecule has 18 heavy (non-hydrogen) atoms. The van der Waals surface area contributed by atoms with Crippen LogP contribution in [0.2, 0.25) is 0 Å². The van der Waals surface area contributed by atoms with Gasteiger partial charge in [-0.05, 0) is 59.7 Å². The standard InChI is InChI=1S/C13H17F3IN/c1-2-7-18-12(9-13(14,15)16)8-10-3-5-11(17)6-4-10/h3-6,12,18H,2,7-9H2,1H3. The van der Waals surface area contributed by atoms with Crippen molar-refractivity contribution in [3.63, 3.8) is 0 Å². The van der Waals surface area contributed by atoms with Crippen molar-refractivity contribution < 1.29 is 13.2 Å². The van der Waals surface area contributed by atoms with E-state index in [0.29, 0.717) is 13.0 Å². The Bertz CT molecular complexity index is 348. The molecule has 0 bridgehead atoms. The molecule has 0 saturated carbocycles. The lowest BCUT2D eigenvalue weighted by Gasteiger charge is -2.20. The highest BCUT2D eigenvalue weighted by molar-refractivity contribution is 14.1. The van der Waals surface area contributed by atoms with E-state index in [0.717, 1.165) is 15.6 Å². The van der Waals surface area contributed by atoms with Gasteiger partial charge in [-0.2, -0.15) is 13.2 Å². The predicted molar refractivity (Wildman–Crippen MR) is 75.6 cm³/mol. The lowest BCUT2D eigenvalue weighted by molar-refractivity contribution is -0.139. The number of nitrogens with one attached hydrogen (secondary N) is 1. The van der Waals surface area contributed by atoms with Crippen molar-refractivity contribution in [1.82, 2.24) is 5.32 Å². The summed E-state index contributed by atoms with van der Waals surface area (Å²) >= 11 is 2.18. The Kier molecular flexibility index (Phi) is 6.42. The van der Waals surface area contributed by atoms with E-state index in [1.807, 2.05) is 31.2 Å². The Morgan fingerprint density at radius 2 is 1.83 bits per heavy atom. The molecule has 1 nitrogen and oxygen atoms in total. The van der Waals surface area contributed by atoms with Crippen LogP contribution in [-0.4, -0.2) is 18.8 Å². The van der Waals surface area contributed by atoms with E-state index in [1.54, 1.807) is 0 Å². The van der Waals surface area contributed by atoms with Crippen LogP contribution in [0.1, 0.15) is 25.3 Å². The molecule has 1 rings (SSSR count). The average Bonchev–Trinajstić information content (AvgIpc) is 2.27. The van der Waals surface area contributed by atoms with E-state index in [9.17, 15) is 13.2 Å². The second-order valence-corrected chi connectivity index (χ2v) is 5.55. The van der Waals surface area contributed by atoms with Crippen LogP contribution in [-0.2, 0) is 6.42 Å². The van der Waals surface area contributed by atoms with Gasteiger partial charge in [0.05, 0.1) is 6.42 Å². The molecule has 1 aromatic rings. The van der Waals surface area contributed by atoms with E-state index < -0.39 is 18.6 Å². The van der Waals surface area contributed by atoms with Crippen LogP contribution in [0.15, 0.2) is 24.3 Å². The van der Waals surface area contributed by atoms with Crippen molar-refractivity contribution in [1.29, 1.82) is 0 Å². The third kappa shape index (κ3) is 6.58. The van der Waals surface area contributed by atoms with Gasteiger partial charge in [0, 0.05) is 9.61 Å². The van der Waals surface area contributed by atoms with Gasteiger partial charge in [-0.15, -0.1) is 0 Å². The molecular weight excluding hydrogens is 354 g/mol. The number of alkyl halides is 3. The van der Waals surface area contributed by atoms with Gasteiger partial charge in [-0.1, -0.05) is 19.1 Å². The van der Waals surface area contributed by atoms with Crippen LogP contribution in [0.25, 0.3) is 0 Å². The highest BCUT2D eigenvalue weighted by Crippen LogP contribution is 2.23. The maximum atomic E-state index is 12.5. The minimum atomic E-state index is -4.12. The fourth-order valence-electron chi connectivity index (χ4n) is 1.75. The number of benzene rings is 1. The minimum Gasteiger partial charge on any atom is -0.313 e. The fourth-order valence-corrected chi connectivity index (χ4v) is 2.11. The monoisotopic (exact) mass is 371 g/mol. The molecule has 1 unspecified atom stereocenters. The SMILES string of the molecule is CCCNC(Cc1ccc(I)cc1)CC(F)(F)F. The molecule has 0 amide bonds. The van der Waals surface area contributed by atoms with Crippen molar-refractivity contribution in [2.24, 2.45) is 0 Å². The lowest BCUT2D eigenvalue weighted by atomic mass is 10.0. The summed E-state index contributed by atoms with van der Waals surface area (Å²) in [6, 6.07) is 7.07. The van der Waals surface area contributed by atoms with Crippen LogP contribution in [0.3, 0.4) is 0 Å². The molecular formula is C13H17F3IN. The summed E-state index contributed by atoms with van der Waals surface area (Å²) in [6.45, 7) is 2.56. The zero-order chi connectivity index (χ0) is 13.6. The zero-order valence-corrected chi connectivity index (χ0v) is 12.4. The predicted octanol–water partition coefficient (Wildman–Crippen LogP) is 4.15. The van der Waals surface area contributed by atoms with Gasteiger partial charge in [0.15, 0.2) is 0 Å². The number of hydrogen-bond donors (Lipinski definition) is 1. The van der Waals surface area contributed by atoms with Crippen molar-refractivity contribution in [3.05, 3.63) is 33.4 Å². The molecule has 0 aliphatic heterocycles. The Balaban J connectivity index is 2.62. The molecule has 0 spiro atoms. The van der Waals surface area contributed by atoms with Crippen LogP contribution in [0, 0.1) is 3.57 Å². The largest absolute Gasteiger partial charge is 0.390 e. The summed E-state index contributed by atoms with van der Waals surface area (Å²) in [6.07, 6.45) is -3.65. The smallest absolute Gasteiger partial charge is 0.313 e. The molecule has 0 radical (unpaired) electrons. The van der Waals surface area contributed by atoms with E-state index >= 15 is 0 Å². The van der Waals surface area contributed by atoms with Crippen LogP contribution >= 0.6 is 22.6 Å². The van der Waals surface area contributed by atoms with E-state index in [2.05, 4.69) is 27.9 Å². The van der Waals surface area contributed by atoms with Gasteiger partial charge in [0.25, 0.3) is 0 Å². The van der Waals surface area contributed by atoms with Gasteiger partial charge >= 0.3 is 6.18 Å². The molecule has 1 aromatic carbocycles. The van der Waals surface area contributed by atoms with Gasteiger partial charge in [-0.25, -0.2) is 0 Å². The molecule has 102 valence electrons. The van der Waals surface area contributed by atoms with E-state index in [1.165, 1.54) is 0 Å². The molecule has 1 N–H and O–H groups in total. The van der Waals surface area contributed by atoms with Gasteiger partial charge < -0.3 is 5.32 Å². The molecule has 0 heterocycles. The molecule has 0 aliphatic carbocycles. The summed E-state index contributed by atoms with van der Waals surface area (Å²) in [7, 11) is 0. The number of rotatable bonds is 6. The van der Waals surface area contributed by atoms with Crippen LogP contribution < -0.4 is 5.32 Å². The van der Waals surface area contributed by atoms with Gasteiger partial charge in [0.2, 0.25) is 0 Å². The molecule has 0 saturated heterocycles. The summed E-state index contributed by atoms with van der Waals surface area (Å²) in [5.74, 6) is 0. The molecule has 0 aromatic heterocycles. The zero-order valence-electron chi connectivity index (χ0n) is 10.2. The Morgan fingerprint density at radius 1 is 1.22 bits per heavy atom. The second-order valence-electron chi connectivity index (χ2n) is 4.30. The van der Waals surface area contributed by atoms with Crippen LogP contribution in [0.5, 0.6) is 0 Å². The molecule has 0 aliphatic rings. The third-order valence-corrected chi connectivity index (χ3v) is 3.28. The van der Waals surface area contributed by atoms with E-state index in [-0.39, 0.29) is 0 Å². The lowest BCUT2D eigenvalue weighted by Crippen LogP contribution is -2.36. The molecule has 5 heteroatoms. The first-order chi connectivity index (χ1) is 8.40. The van der Waals surface area contributed by atoms with Crippen molar-refractivity contribution in [2.75, 3.05) is 6.54 Å². The maximum absolute atomic E-state index is 12.5. The fraction of sp³-hybridized carbons (Fsp3) is 0.538. The topological polar surface area (TPSA) is 12.0 Å². The van der Waals surface area contributed by atoms with Gasteiger partial charge in [-0.3, -0.25) is 0 Å². The Labute approximate surface area is 119 Å². The summed E-state index contributed by atoms with van der Waals surface area (Å²) in [4.78, 5) is 0. The maximum Gasteiger partial charge on any atom is 0.390 e. The number of halogens is 4. The highest BCUT2D eigenvalue weighted by atomic mass is 127. The van der Waals surface area contributed by atoms with E-state index in [4.69, 9.17) is 0 Å². The first-order valence-corrected chi connectivity index (χ1v) is 7.03. The molecule has 1 atom stereocenters. The Hall–Kier alpha value is -0.300. The number of hydrogen-bond acceptors (Lipinski definition) is 1. The van der Waals surface area contributed by atoms with Gasteiger partial charge in [0.1, 0.15) is 0 Å². The summed E-state index contributed by atoms with van der Waals surface area (Å²) < 4.78 is 38.5. The normalized spacial score (nSPS) is 13.6.